The summed E-state index contributed by atoms with van der Waals surface area (Å²) in [7, 11) is 0. The van der Waals surface area contributed by atoms with Crippen molar-refractivity contribution in [3.05, 3.63) is 34.1 Å². The number of benzene rings is 1. The molecule has 1 aromatic carbocycles. The minimum atomic E-state index is -0.431. The Kier molecular flexibility index (Phi) is 14.0. The summed E-state index contributed by atoms with van der Waals surface area (Å²) in [5.41, 5.74) is 0.616. The highest BCUT2D eigenvalue weighted by Crippen LogP contribution is 2.33. The molecule has 7 heteroatoms. The number of H-pyrrole nitrogens is 1. The van der Waals surface area contributed by atoms with E-state index in [4.69, 9.17) is 9.47 Å². The summed E-state index contributed by atoms with van der Waals surface area (Å²) in [5, 5.41) is 10.0. The third kappa shape index (κ3) is 9.97. The third-order valence-electron chi connectivity index (χ3n) is 5.93. The van der Waals surface area contributed by atoms with E-state index in [9.17, 15) is 10.1 Å². The molecule has 0 amide bonds. The molecule has 0 aliphatic rings. The number of ether oxygens (including phenoxy) is 2. The molecule has 192 valence electrons. The van der Waals surface area contributed by atoms with Gasteiger partial charge in [-0.25, -0.2) is 4.98 Å². The van der Waals surface area contributed by atoms with Gasteiger partial charge >= 0.3 is 0 Å². The van der Waals surface area contributed by atoms with Gasteiger partial charge in [-0.15, -0.1) is 0 Å². The summed E-state index contributed by atoms with van der Waals surface area (Å²) in [6.07, 6.45) is 16.2. The number of thioether (sulfide) groups is 1. The number of rotatable bonds is 18. The van der Waals surface area contributed by atoms with Crippen molar-refractivity contribution in [1.29, 1.82) is 5.26 Å². The van der Waals surface area contributed by atoms with E-state index < -0.39 is 5.56 Å². The lowest BCUT2D eigenvalue weighted by Crippen LogP contribution is -2.14. The zero-order valence-electron chi connectivity index (χ0n) is 21.7. The minimum absolute atomic E-state index is 0.00502. The van der Waals surface area contributed by atoms with E-state index in [1.54, 1.807) is 0 Å². The predicted molar refractivity (Wildman–Crippen MR) is 145 cm³/mol. The Morgan fingerprint density at radius 1 is 0.886 bits per heavy atom. The number of aromatic amines is 1. The fourth-order valence-corrected chi connectivity index (χ4v) is 4.26. The second-order valence-electron chi connectivity index (χ2n) is 8.80. The largest absolute Gasteiger partial charge is 0.490 e. The van der Waals surface area contributed by atoms with Crippen LogP contribution in [0.15, 0.2) is 28.2 Å². The van der Waals surface area contributed by atoms with Crippen molar-refractivity contribution in [3.8, 4) is 28.8 Å². The molecule has 1 aromatic heterocycles. The first kappa shape index (κ1) is 28.8. The predicted octanol–water partition coefficient (Wildman–Crippen LogP) is 7.51. The number of nitrogens with zero attached hydrogens (tertiary/aromatic N) is 2. The molecule has 2 aromatic rings. The van der Waals surface area contributed by atoms with Crippen molar-refractivity contribution < 1.29 is 9.47 Å². The van der Waals surface area contributed by atoms with Crippen molar-refractivity contribution in [2.75, 3.05) is 19.5 Å². The molecule has 0 atom stereocenters. The standard InChI is InChI=1S/C28H41N3O3S/c1-4-6-8-10-12-14-18-33-24-17-16-22(20-25(24)34-19-15-13-11-9-7-5-2)26-23(21-29)27(32)31-28(30-26)35-3/h16-17,20H,4-15,18-19H2,1-3H3,(H,30,31,32). The highest BCUT2D eigenvalue weighted by Gasteiger charge is 2.16. The highest BCUT2D eigenvalue weighted by atomic mass is 32.2. The van der Waals surface area contributed by atoms with Gasteiger partial charge in [0, 0.05) is 5.56 Å². The molecule has 35 heavy (non-hydrogen) atoms. The Morgan fingerprint density at radius 2 is 1.46 bits per heavy atom. The quantitative estimate of drug-likeness (QED) is 0.130. The van der Waals surface area contributed by atoms with Gasteiger partial charge < -0.3 is 14.5 Å². The summed E-state index contributed by atoms with van der Waals surface area (Å²) in [6, 6.07) is 7.56. The van der Waals surface area contributed by atoms with Crippen molar-refractivity contribution in [2.24, 2.45) is 0 Å². The van der Waals surface area contributed by atoms with Gasteiger partial charge in [0.05, 0.1) is 18.9 Å². The summed E-state index contributed by atoms with van der Waals surface area (Å²) in [5.74, 6) is 1.33. The van der Waals surface area contributed by atoms with Gasteiger partial charge in [-0.3, -0.25) is 4.79 Å². The zero-order valence-corrected chi connectivity index (χ0v) is 22.5. The van der Waals surface area contributed by atoms with Crippen LogP contribution in [0.3, 0.4) is 0 Å². The third-order valence-corrected chi connectivity index (χ3v) is 6.51. The molecule has 0 spiro atoms. The van der Waals surface area contributed by atoms with Gasteiger partial charge in [0.1, 0.15) is 11.6 Å². The Bertz CT molecular complexity index is 984. The maximum atomic E-state index is 12.4. The Balaban J connectivity index is 2.14. The maximum absolute atomic E-state index is 12.4. The molecule has 0 unspecified atom stereocenters. The SMILES string of the molecule is CCCCCCCCOc1ccc(-c2nc(SC)[nH]c(=O)c2C#N)cc1OCCCCCCCC. The first-order valence-electron chi connectivity index (χ1n) is 13.1. The Labute approximate surface area is 214 Å². The molecule has 0 aliphatic heterocycles. The van der Waals surface area contributed by atoms with E-state index in [1.165, 1.54) is 63.1 Å². The van der Waals surface area contributed by atoms with Crippen LogP contribution < -0.4 is 15.0 Å². The van der Waals surface area contributed by atoms with Gasteiger partial charge in [0.2, 0.25) is 0 Å². The van der Waals surface area contributed by atoms with Gasteiger partial charge in [-0.05, 0) is 37.3 Å². The Morgan fingerprint density at radius 3 is 2.03 bits per heavy atom. The van der Waals surface area contributed by atoms with E-state index in [1.807, 2.05) is 30.5 Å². The van der Waals surface area contributed by atoms with Crippen molar-refractivity contribution in [3.63, 3.8) is 0 Å². The first-order valence-corrected chi connectivity index (χ1v) is 14.3. The number of hydrogen-bond donors (Lipinski definition) is 1. The van der Waals surface area contributed by atoms with Gasteiger partial charge in [-0.1, -0.05) is 89.8 Å². The fourth-order valence-electron chi connectivity index (χ4n) is 3.88. The summed E-state index contributed by atoms with van der Waals surface area (Å²) >= 11 is 1.33. The summed E-state index contributed by atoms with van der Waals surface area (Å²) in [6.45, 7) is 5.69. The van der Waals surface area contributed by atoms with Crippen LogP contribution in [0.1, 0.15) is 96.5 Å². The second-order valence-corrected chi connectivity index (χ2v) is 9.60. The highest BCUT2D eigenvalue weighted by molar-refractivity contribution is 7.98. The molecular weight excluding hydrogens is 458 g/mol. The lowest BCUT2D eigenvalue weighted by Gasteiger charge is -2.15. The Hall–Kier alpha value is -2.46. The summed E-state index contributed by atoms with van der Waals surface area (Å²) < 4.78 is 12.2. The van der Waals surface area contributed by atoms with Crippen LogP contribution in [0, 0.1) is 11.3 Å². The lowest BCUT2D eigenvalue weighted by molar-refractivity contribution is 0.258. The minimum Gasteiger partial charge on any atom is -0.490 e. The van der Waals surface area contributed by atoms with Crippen LogP contribution in [0.2, 0.25) is 0 Å². The van der Waals surface area contributed by atoms with Crippen molar-refractivity contribution in [1.82, 2.24) is 9.97 Å². The van der Waals surface area contributed by atoms with Gasteiger partial charge in [0.15, 0.2) is 16.7 Å². The van der Waals surface area contributed by atoms with Crippen LogP contribution in [0.5, 0.6) is 11.5 Å². The average Bonchev–Trinajstić information content (AvgIpc) is 2.87. The molecule has 2 rings (SSSR count). The van der Waals surface area contributed by atoms with E-state index >= 15 is 0 Å². The van der Waals surface area contributed by atoms with Crippen molar-refractivity contribution >= 4 is 11.8 Å². The number of aromatic nitrogens is 2. The molecule has 1 N–H and O–H groups in total. The second kappa shape index (κ2) is 17.0. The average molecular weight is 500 g/mol. The number of nitriles is 1. The monoisotopic (exact) mass is 499 g/mol. The molecule has 0 radical (unpaired) electrons. The molecule has 0 aliphatic carbocycles. The topological polar surface area (TPSA) is 88.0 Å². The molecule has 6 nitrogen and oxygen atoms in total. The zero-order chi connectivity index (χ0) is 25.3. The lowest BCUT2D eigenvalue weighted by atomic mass is 10.1. The summed E-state index contributed by atoms with van der Waals surface area (Å²) in [4.78, 5) is 19.5. The fraction of sp³-hybridized carbons (Fsp3) is 0.607. The van der Waals surface area contributed by atoms with Gasteiger partial charge in [0.25, 0.3) is 5.56 Å². The van der Waals surface area contributed by atoms with Crippen molar-refractivity contribution in [2.45, 2.75) is 96.1 Å². The smallest absolute Gasteiger partial charge is 0.270 e. The molecule has 0 bridgehead atoms. The normalized spacial score (nSPS) is 10.8. The van der Waals surface area contributed by atoms with Crippen LogP contribution in [0.25, 0.3) is 11.3 Å². The molecule has 0 fully saturated rings. The van der Waals surface area contributed by atoms with E-state index in [0.717, 1.165) is 25.7 Å². The molecule has 1 heterocycles. The maximum Gasteiger partial charge on any atom is 0.270 e. The van der Waals surface area contributed by atoms with Gasteiger partial charge in [-0.2, -0.15) is 5.26 Å². The molecule has 0 saturated carbocycles. The van der Waals surface area contributed by atoms with E-state index in [-0.39, 0.29) is 5.56 Å². The first-order chi connectivity index (χ1) is 17.1. The van der Waals surface area contributed by atoms with Crippen LogP contribution >= 0.6 is 11.8 Å². The molecule has 0 saturated heterocycles. The number of hydrogen-bond acceptors (Lipinski definition) is 6. The molecular formula is C28H41N3O3S. The van der Waals surface area contributed by atoms with Crippen LogP contribution in [-0.2, 0) is 0 Å². The van der Waals surface area contributed by atoms with E-state index in [2.05, 4.69) is 23.8 Å². The van der Waals surface area contributed by atoms with Crippen LogP contribution in [-0.4, -0.2) is 29.4 Å². The number of nitrogens with one attached hydrogen (secondary N) is 1. The number of unbranched alkanes of at least 4 members (excludes halogenated alkanes) is 10. The van der Waals surface area contributed by atoms with E-state index in [0.29, 0.717) is 41.1 Å². The van der Waals surface area contributed by atoms with Crippen LogP contribution in [0.4, 0.5) is 0 Å².